The van der Waals surface area contributed by atoms with E-state index < -0.39 is 0 Å². The standard InChI is InChI=1S/C20H25N3O2/c21-17-13-16-3-1-2-4-18(16)22-19(17)14-5-9-23(10-6-14)20(24)15-7-11-25-12-8-15/h1-4,13-15H,5-12,21H2. The first-order valence-corrected chi connectivity index (χ1v) is 9.24. The maximum absolute atomic E-state index is 12.7. The van der Waals surface area contributed by atoms with Crippen LogP contribution in [0.25, 0.3) is 10.9 Å². The van der Waals surface area contributed by atoms with Crippen molar-refractivity contribution in [2.24, 2.45) is 5.92 Å². The first-order chi connectivity index (χ1) is 12.2. The highest BCUT2D eigenvalue weighted by Gasteiger charge is 2.30. The largest absolute Gasteiger partial charge is 0.397 e. The van der Waals surface area contributed by atoms with E-state index in [0.717, 1.165) is 61.1 Å². The fraction of sp³-hybridized carbons (Fsp3) is 0.500. The zero-order valence-corrected chi connectivity index (χ0v) is 14.5. The molecule has 0 atom stereocenters. The number of aromatic nitrogens is 1. The average Bonchev–Trinajstić information content (AvgIpc) is 2.68. The normalized spacial score (nSPS) is 20.1. The number of rotatable bonds is 2. The molecule has 1 amide bonds. The molecule has 0 radical (unpaired) electrons. The Morgan fingerprint density at radius 2 is 1.84 bits per heavy atom. The molecule has 0 saturated carbocycles. The summed E-state index contributed by atoms with van der Waals surface area (Å²) in [4.78, 5) is 19.5. The number of nitrogen functional groups attached to an aromatic ring is 1. The van der Waals surface area contributed by atoms with E-state index in [0.29, 0.717) is 25.0 Å². The molecule has 4 rings (SSSR count). The summed E-state index contributed by atoms with van der Waals surface area (Å²) in [5.41, 5.74) is 9.03. The Labute approximate surface area is 148 Å². The Balaban J connectivity index is 1.45. The number of pyridine rings is 1. The molecule has 0 unspecified atom stereocenters. The number of benzene rings is 1. The van der Waals surface area contributed by atoms with Crippen LogP contribution in [0.4, 0.5) is 5.69 Å². The van der Waals surface area contributed by atoms with Gasteiger partial charge in [-0.25, -0.2) is 0 Å². The number of piperidine rings is 1. The van der Waals surface area contributed by atoms with Gasteiger partial charge < -0.3 is 15.4 Å². The van der Waals surface area contributed by atoms with Gasteiger partial charge in [0.1, 0.15) is 0 Å². The summed E-state index contributed by atoms with van der Waals surface area (Å²) < 4.78 is 5.37. The lowest BCUT2D eigenvalue weighted by atomic mass is 9.90. The smallest absolute Gasteiger partial charge is 0.225 e. The third kappa shape index (κ3) is 3.33. The Hall–Kier alpha value is -2.14. The molecule has 1 aromatic carbocycles. The molecule has 5 nitrogen and oxygen atoms in total. The predicted molar refractivity (Wildman–Crippen MR) is 98.3 cm³/mol. The van der Waals surface area contributed by atoms with Gasteiger partial charge in [-0.2, -0.15) is 0 Å². The third-order valence-electron chi connectivity index (χ3n) is 5.55. The van der Waals surface area contributed by atoms with E-state index in [-0.39, 0.29) is 5.92 Å². The maximum Gasteiger partial charge on any atom is 0.225 e. The summed E-state index contributed by atoms with van der Waals surface area (Å²) in [6.45, 7) is 3.03. The van der Waals surface area contributed by atoms with Gasteiger partial charge in [-0.05, 0) is 37.8 Å². The van der Waals surface area contributed by atoms with Crippen molar-refractivity contribution >= 4 is 22.5 Å². The number of likely N-dealkylation sites (tertiary alicyclic amines) is 1. The van der Waals surface area contributed by atoms with Gasteiger partial charge in [0.15, 0.2) is 0 Å². The fourth-order valence-corrected chi connectivity index (χ4v) is 4.05. The first kappa shape index (κ1) is 16.3. The van der Waals surface area contributed by atoms with Crippen LogP contribution in [0, 0.1) is 5.92 Å². The molecule has 0 bridgehead atoms. The number of para-hydroxylation sites is 1. The van der Waals surface area contributed by atoms with E-state index in [9.17, 15) is 4.79 Å². The van der Waals surface area contributed by atoms with E-state index in [4.69, 9.17) is 15.5 Å². The van der Waals surface area contributed by atoms with Crippen LogP contribution >= 0.6 is 0 Å². The fourth-order valence-electron chi connectivity index (χ4n) is 4.05. The molecule has 2 aromatic rings. The monoisotopic (exact) mass is 339 g/mol. The molecule has 2 aliphatic rings. The molecule has 2 N–H and O–H groups in total. The van der Waals surface area contributed by atoms with E-state index >= 15 is 0 Å². The van der Waals surface area contributed by atoms with Gasteiger partial charge in [0, 0.05) is 43.5 Å². The number of carbonyl (C=O) groups is 1. The van der Waals surface area contributed by atoms with Gasteiger partial charge in [-0.15, -0.1) is 0 Å². The Morgan fingerprint density at radius 3 is 2.60 bits per heavy atom. The quantitative estimate of drug-likeness (QED) is 0.913. The average molecular weight is 339 g/mol. The molecule has 2 fully saturated rings. The SMILES string of the molecule is Nc1cc2ccccc2nc1C1CCN(C(=O)C2CCOCC2)CC1. The van der Waals surface area contributed by atoms with Crippen LogP contribution in [0.1, 0.15) is 37.3 Å². The summed E-state index contributed by atoms with van der Waals surface area (Å²) in [5, 5.41) is 1.08. The van der Waals surface area contributed by atoms with Crippen LogP contribution < -0.4 is 5.73 Å². The van der Waals surface area contributed by atoms with Crippen LogP contribution in [0.5, 0.6) is 0 Å². The van der Waals surface area contributed by atoms with Crippen molar-refractivity contribution in [3.63, 3.8) is 0 Å². The molecular formula is C20H25N3O2. The number of nitrogens with zero attached hydrogens (tertiary/aromatic N) is 2. The zero-order valence-electron chi connectivity index (χ0n) is 14.5. The highest BCUT2D eigenvalue weighted by atomic mass is 16.5. The Bertz CT molecular complexity index is 763. The number of ether oxygens (including phenoxy) is 1. The second-order valence-corrected chi connectivity index (χ2v) is 7.14. The highest BCUT2D eigenvalue weighted by Crippen LogP contribution is 2.33. The van der Waals surface area contributed by atoms with Gasteiger partial charge >= 0.3 is 0 Å². The number of hydrogen-bond donors (Lipinski definition) is 1. The molecule has 2 saturated heterocycles. The zero-order chi connectivity index (χ0) is 17.2. The minimum atomic E-state index is 0.147. The summed E-state index contributed by atoms with van der Waals surface area (Å²) in [6.07, 6.45) is 3.59. The molecule has 25 heavy (non-hydrogen) atoms. The van der Waals surface area contributed by atoms with E-state index in [1.165, 1.54) is 0 Å². The van der Waals surface area contributed by atoms with Crippen molar-refractivity contribution in [2.75, 3.05) is 32.0 Å². The van der Waals surface area contributed by atoms with E-state index in [1.54, 1.807) is 0 Å². The van der Waals surface area contributed by atoms with Crippen molar-refractivity contribution in [2.45, 2.75) is 31.6 Å². The van der Waals surface area contributed by atoms with Gasteiger partial charge in [0.05, 0.1) is 16.9 Å². The summed E-state index contributed by atoms with van der Waals surface area (Å²) in [5.74, 6) is 0.790. The summed E-state index contributed by atoms with van der Waals surface area (Å²) in [7, 11) is 0. The third-order valence-corrected chi connectivity index (χ3v) is 5.55. The van der Waals surface area contributed by atoms with Gasteiger partial charge in [0.25, 0.3) is 0 Å². The van der Waals surface area contributed by atoms with E-state index in [1.807, 2.05) is 35.2 Å². The predicted octanol–water partition coefficient (Wildman–Crippen LogP) is 2.95. The summed E-state index contributed by atoms with van der Waals surface area (Å²) in [6, 6.07) is 10.1. The van der Waals surface area contributed by atoms with Crippen molar-refractivity contribution in [3.05, 3.63) is 36.0 Å². The summed E-state index contributed by atoms with van der Waals surface area (Å²) >= 11 is 0. The molecule has 2 aliphatic heterocycles. The van der Waals surface area contributed by atoms with Crippen LogP contribution in [-0.2, 0) is 9.53 Å². The lowest BCUT2D eigenvalue weighted by Gasteiger charge is -2.35. The minimum absolute atomic E-state index is 0.147. The van der Waals surface area contributed by atoms with Gasteiger partial charge in [-0.1, -0.05) is 18.2 Å². The van der Waals surface area contributed by atoms with Crippen molar-refractivity contribution in [1.82, 2.24) is 9.88 Å². The number of hydrogen-bond acceptors (Lipinski definition) is 4. The van der Waals surface area contributed by atoms with Crippen LogP contribution in [0.2, 0.25) is 0 Å². The Morgan fingerprint density at radius 1 is 1.12 bits per heavy atom. The van der Waals surface area contributed by atoms with Gasteiger partial charge in [0.2, 0.25) is 5.91 Å². The molecule has 3 heterocycles. The molecule has 0 spiro atoms. The molecule has 5 heteroatoms. The molecule has 132 valence electrons. The highest BCUT2D eigenvalue weighted by molar-refractivity contribution is 5.82. The number of amides is 1. The molecule has 0 aliphatic carbocycles. The van der Waals surface area contributed by atoms with Crippen molar-refractivity contribution < 1.29 is 9.53 Å². The second kappa shape index (κ2) is 7.00. The molecule has 1 aromatic heterocycles. The van der Waals surface area contributed by atoms with Crippen LogP contribution in [0.3, 0.4) is 0 Å². The van der Waals surface area contributed by atoms with Crippen LogP contribution in [0.15, 0.2) is 30.3 Å². The van der Waals surface area contributed by atoms with Crippen molar-refractivity contribution in [3.8, 4) is 0 Å². The molecular weight excluding hydrogens is 314 g/mol. The van der Waals surface area contributed by atoms with Gasteiger partial charge in [-0.3, -0.25) is 9.78 Å². The second-order valence-electron chi connectivity index (χ2n) is 7.14. The topological polar surface area (TPSA) is 68.5 Å². The first-order valence-electron chi connectivity index (χ1n) is 9.24. The van der Waals surface area contributed by atoms with Crippen LogP contribution in [-0.4, -0.2) is 42.1 Å². The minimum Gasteiger partial charge on any atom is -0.397 e. The number of carbonyl (C=O) groups excluding carboxylic acids is 1. The maximum atomic E-state index is 12.7. The lowest BCUT2D eigenvalue weighted by molar-refractivity contribution is -0.139. The number of anilines is 1. The lowest BCUT2D eigenvalue weighted by Crippen LogP contribution is -2.42. The number of fused-ring (bicyclic) bond motifs is 1. The Kier molecular flexibility index (Phi) is 4.57. The van der Waals surface area contributed by atoms with Crippen molar-refractivity contribution in [1.29, 1.82) is 0 Å². The van der Waals surface area contributed by atoms with E-state index in [2.05, 4.69) is 0 Å². The number of nitrogens with two attached hydrogens (primary N) is 1.